The van der Waals surface area contributed by atoms with Gasteiger partial charge < -0.3 is 20.3 Å². The monoisotopic (exact) mass is 357 g/mol. The Balaban J connectivity index is 1.99. The molecule has 0 saturated heterocycles. The summed E-state index contributed by atoms with van der Waals surface area (Å²) in [6.07, 6.45) is 2.47. The summed E-state index contributed by atoms with van der Waals surface area (Å²) in [5.41, 5.74) is 1.08. The summed E-state index contributed by atoms with van der Waals surface area (Å²) < 4.78 is 4.67. The number of anilines is 2. The van der Waals surface area contributed by atoms with Gasteiger partial charge in [0.1, 0.15) is 5.69 Å². The van der Waals surface area contributed by atoms with Crippen LogP contribution in [0.3, 0.4) is 0 Å². The lowest BCUT2D eigenvalue weighted by molar-refractivity contribution is 0.0600. The van der Waals surface area contributed by atoms with Crippen LogP contribution in [-0.4, -0.2) is 61.0 Å². The van der Waals surface area contributed by atoms with Crippen LogP contribution in [0.5, 0.6) is 0 Å². The Morgan fingerprint density at radius 3 is 2.77 bits per heavy atom. The van der Waals surface area contributed by atoms with Gasteiger partial charge in [-0.05, 0) is 51.3 Å². The number of ether oxygens (including phenoxy) is 1. The van der Waals surface area contributed by atoms with Crippen LogP contribution in [0.15, 0.2) is 36.5 Å². The second-order valence-corrected chi connectivity index (χ2v) is 5.88. The van der Waals surface area contributed by atoms with Crippen molar-refractivity contribution in [3.8, 4) is 0 Å². The molecule has 1 heterocycles. The lowest BCUT2D eigenvalue weighted by Gasteiger charge is -2.10. The van der Waals surface area contributed by atoms with E-state index < -0.39 is 5.97 Å². The Labute approximate surface area is 152 Å². The predicted octanol–water partition coefficient (Wildman–Crippen LogP) is 1.88. The molecular weight excluding hydrogens is 334 g/mol. The SMILES string of the molecule is COC(=O)c1cccc(NC(=O)c2ccnc(NCCCN(C)C)n2)c1. The highest BCUT2D eigenvalue weighted by Crippen LogP contribution is 2.13. The van der Waals surface area contributed by atoms with Crippen molar-refractivity contribution in [2.45, 2.75) is 6.42 Å². The first-order valence-corrected chi connectivity index (χ1v) is 8.21. The van der Waals surface area contributed by atoms with E-state index in [1.165, 1.54) is 19.4 Å². The van der Waals surface area contributed by atoms with Gasteiger partial charge in [0.25, 0.3) is 5.91 Å². The number of rotatable bonds is 8. The summed E-state index contributed by atoms with van der Waals surface area (Å²) in [6, 6.07) is 8.04. The number of benzene rings is 1. The van der Waals surface area contributed by atoms with Crippen molar-refractivity contribution in [2.24, 2.45) is 0 Å². The highest BCUT2D eigenvalue weighted by Gasteiger charge is 2.11. The third-order valence-electron chi connectivity index (χ3n) is 3.49. The van der Waals surface area contributed by atoms with Gasteiger partial charge in [-0.1, -0.05) is 6.07 Å². The molecule has 1 aromatic heterocycles. The highest BCUT2D eigenvalue weighted by molar-refractivity contribution is 6.03. The number of aromatic nitrogens is 2. The molecular formula is C18H23N5O3. The molecule has 2 N–H and O–H groups in total. The van der Waals surface area contributed by atoms with Crippen LogP contribution in [0.25, 0.3) is 0 Å². The fourth-order valence-electron chi connectivity index (χ4n) is 2.20. The Hall–Kier alpha value is -3.00. The molecule has 0 radical (unpaired) electrons. The van der Waals surface area contributed by atoms with Gasteiger partial charge in [0.05, 0.1) is 12.7 Å². The maximum Gasteiger partial charge on any atom is 0.337 e. The molecule has 0 spiro atoms. The molecule has 2 rings (SSSR count). The van der Waals surface area contributed by atoms with Crippen molar-refractivity contribution >= 4 is 23.5 Å². The summed E-state index contributed by atoms with van der Waals surface area (Å²) in [7, 11) is 5.33. The molecule has 0 atom stereocenters. The van der Waals surface area contributed by atoms with E-state index in [-0.39, 0.29) is 11.6 Å². The quantitative estimate of drug-likeness (QED) is 0.550. The Morgan fingerprint density at radius 2 is 2.04 bits per heavy atom. The van der Waals surface area contributed by atoms with Crippen molar-refractivity contribution in [2.75, 3.05) is 44.9 Å². The van der Waals surface area contributed by atoms with Gasteiger partial charge in [-0.2, -0.15) is 0 Å². The highest BCUT2D eigenvalue weighted by atomic mass is 16.5. The molecule has 0 aliphatic heterocycles. The summed E-state index contributed by atoms with van der Waals surface area (Å²) in [5.74, 6) is -0.446. The van der Waals surface area contributed by atoms with Crippen molar-refractivity contribution in [1.29, 1.82) is 0 Å². The lowest BCUT2D eigenvalue weighted by Crippen LogP contribution is -2.18. The minimum Gasteiger partial charge on any atom is -0.465 e. The average molecular weight is 357 g/mol. The van der Waals surface area contributed by atoms with Gasteiger partial charge >= 0.3 is 5.97 Å². The first-order valence-electron chi connectivity index (χ1n) is 8.21. The van der Waals surface area contributed by atoms with Crippen LogP contribution in [-0.2, 0) is 4.74 Å². The number of amides is 1. The molecule has 0 fully saturated rings. The molecule has 138 valence electrons. The normalized spacial score (nSPS) is 10.5. The van der Waals surface area contributed by atoms with Crippen LogP contribution < -0.4 is 10.6 Å². The molecule has 0 bridgehead atoms. The van der Waals surface area contributed by atoms with Crippen LogP contribution in [0.4, 0.5) is 11.6 Å². The topological polar surface area (TPSA) is 96.4 Å². The number of nitrogens with one attached hydrogen (secondary N) is 2. The molecule has 0 aliphatic carbocycles. The lowest BCUT2D eigenvalue weighted by atomic mass is 10.2. The van der Waals surface area contributed by atoms with E-state index in [2.05, 4.69) is 30.2 Å². The molecule has 0 aliphatic rings. The van der Waals surface area contributed by atoms with E-state index in [0.717, 1.165) is 13.0 Å². The maximum atomic E-state index is 12.4. The van der Waals surface area contributed by atoms with Gasteiger partial charge in [0, 0.05) is 18.4 Å². The van der Waals surface area contributed by atoms with E-state index in [1.54, 1.807) is 24.3 Å². The van der Waals surface area contributed by atoms with Gasteiger partial charge in [-0.15, -0.1) is 0 Å². The summed E-state index contributed by atoms with van der Waals surface area (Å²) in [6.45, 7) is 1.66. The predicted molar refractivity (Wildman–Crippen MR) is 99.4 cm³/mol. The van der Waals surface area contributed by atoms with Gasteiger partial charge in [-0.25, -0.2) is 14.8 Å². The first-order chi connectivity index (χ1) is 12.5. The van der Waals surface area contributed by atoms with Crippen molar-refractivity contribution < 1.29 is 14.3 Å². The van der Waals surface area contributed by atoms with E-state index in [4.69, 9.17) is 0 Å². The molecule has 1 amide bonds. The number of carbonyl (C=O) groups excluding carboxylic acids is 2. The zero-order valence-electron chi connectivity index (χ0n) is 15.2. The average Bonchev–Trinajstić information content (AvgIpc) is 2.65. The summed E-state index contributed by atoms with van der Waals surface area (Å²) in [5, 5.41) is 5.82. The molecule has 8 nitrogen and oxygen atoms in total. The first kappa shape index (κ1) is 19.3. The molecule has 2 aromatic rings. The number of hydrogen-bond donors (Lipinski definition) is 2. The molecule has 0 unspecified atom stereocenters. The molecule has 0 saturated carbocycles. The van der Waals surface area contributed by atoms with E-state index >= 15 is 0 Å². The zero-order chi connectivity index (χ0) is 18.9. The molecule has 8 heteroatoms. The van der Waals surface area contributed by atoms with Crippen LogP contribution in [0, 0.1) is 0 Å². The van der Waals surface area contributed by atoms with Crippen molar-refractivity contribution in [3.05, 3.63) is 47.8 Å². The number of esters is 1. The van der Waals surface area contributed by atoms with E-state index in [0.29, 0.717) is 23.7 Å². The standard InChI is InChI=1S/C18H23N5O3/c1-23(2)11-5-9-19-18-20-10-8-15(22-18)16(24)21-14-7-4-6-13(12-14)17(25)26-3/h4,6-8,10,12H,5,9,11H2,1-3H3,(H,21,24)(H,19,20,22). The second kappa shape index (κ2) is 9.47. The van der Waals surface area contributed by atoms with Crippen molar-refractivity contribution in [3.63, 3.8) is 0 Å². The fraction of sp³-hybridized carbons (Fsp3) is 0.333. The minimum atomic E-state index is -0.465. The zero-order valence-corrected chi connectivity index (χ0v) is 15.2. The van der Waals surface area contributed by atoms with Crippen LogP contribution >= 0.6 is 0 Å². The molecule has 1 aromatic carbocycles. The largest absolute Gasteiger partial charge is 0.465 e. The second-order valence-electron chi connectivity index (χ2n) is 5.88. The summed E-state index contributed by atoms with van der Waals surface area (Å²) in [4.78, 5) is 34.4. The maximum absolute atomic E-state index is 12.4. The Kier molecular flexibility index (Phi) is 7.04. The van der Waals surface area contributed by atoms with Crippen LogP contribution in [0.2, 0.25) is 0 Å². The van der Waals surface area contributed by atoms with E-state index in [1.807, 2.05) is 14.1 Å². The smallest absolute Gasteiger partial charge is 0.337 e. The molecule has 26 heavy (non-hydrogen) atoms. The number of hydrogen-bond acceptors (Lipinski definition) is 7. The van der Waals surface area contributed by atoms with Gasteiger partial charge in [0.2, 0.25) is 5.95 Å². The summed E-state index contributed by atoms with van der Waals surface area (Å²) >= 11 is 0. The van der Waals surface area contributed by atoms with Crippen LogP contribution in [0.1, 0.15) is 27.3 Å². The Morgan fingerprint density at radius 1 is 1.23 bits per heavy atom. The third kappa shape index (κ3) is 5.82. The van der Waals surface area contributed by atoms with Gasteiger partial charge in [-0.3, -0.25) is 4.79 Å². The van der Waals surface area contributed by atoms with E-state index in [9.17, 15) is 9.59 Å². The number of carbonyl (C=O) groups is 2. The number of nitrogens with zero attached hydrogens (tertiary/aromatic N) is 3. The fourth-order valence-corrected chi connectivity index (χ4v) is 2.20. The minimum absolute atomic E-state index is 0.235. The van der Waals surface area contributed by atoms with Crippen molar-refractivity contribution in [1.82, 2.24) is 14.9 Å². The third-order valence-corrected chi connectivity index (χ3v) is 3.49. The number of methoxy groups -OCH3 is 1. The van der Waals surface area contributed by atoms with Gasteiger partial charge in [0.15, 0.2) is 0 Å². The Bertz CT molecular complexity index is 764.